The van der Waals surface area contributed by atoms with Gasteiger partial charge in [-0.2, -0.15) is 4.98 Å². The number of hydrogen-bond donors (Lipinski definition) is 2. The Morgan fingerprint density at radius 2 is 1.79 bits per heavy atom. The van der Waals surface area contributed by atoms with Gasteiger partial charge in [-0.3, -0.25) is 14.9 Å². The van der Waals surface area contributed by atoms with E-state index >= 15 is 0 Å². The highest BCUT2D eigenvalue weighted by atomic mass is 16.6. The van der Waals surface area contributed by atoms with Crippen LogP contribution < -0.4 is 15.5 Å². The zero-order valence-corrected chi connectivity index (χ0v) is 19.3. The Morgan fingerprint density at radius 3 is 2.53 bits per heavy atom. The van der Waals surface area contributed by atoms with Crippen LogP contribution in [-0.2, 0) is 4.79 Å². The van der Waals surface area contributed by atoms with Crippen LogP contribution in [0.15, 0.2) is 54.6 Å². The van der Waals surface area contributed by atoms with Crippen molar-refractivity contribution >= 4 is 40.3 Å². The number of amides is 1. The summed E-state index contributed by atoms with van der Waals surface area (Å²) in [5.74, 6) is 1.30. The highest BCUT2D eigenvalue weighted by Gasteiger charge is 2.23. The highest BCUT2D eigenvalue weighted by molar-refractivity contribution is 5.92. The quantitative estimate of drug-likeness (QED) is 0.309. The predicted molar refractivity (Wildman–Crippen MR) is 134 cm³/mol. The van der Waals surface area contributed by atoms with Crippen LogP contribution in [0.1, 0.15) is 31.2 Å². The number of aromatic nitrogens is 2. The lowest BCUT2D eigenvalue weighted by atomic mass is 9.91. The van der Waals surface area contributed by atoms with Crippen LogP contribution in [0.3, 0.4) is 0 Å². The Morgan fingerprint density at radius 1 is 1.06 bits per heavy atom. The molecular formula is C25H28N6O3. The highest BCUT2D eigenvalue weighted by Crippen LogP contribution is 2.26. The van der Waals surface area contributed by atoms with E-state index in [9.17, 15) is 14.9 Å². The van der Waals surface area contributed by atoms with E-state index in [4.69, 9.17) is 4.98 Å². The fourth-order valence-corrected chi connectivity index (χ4v) is 4.19. The molecule has 1 aliphatic rings. The fourth-order valence-electron chi connectivity index (χ4n) is 4.19. The first-order valence-corrected chi connectivity index (χ1v) is 11.3. The van der Waals surface area contributed by atoms with Crippen molar-refractivity contribution in [3.63, 3.8) is 0 Å². The van der Waals surface area contributed by atoms with Crippen molar-refractivity contribution in [1.82, 2.24) is 15.3 Å². The minimum absolute atomic E-state index is 0.00137. The Balaban J connectivity index is 1.31. The molecule has 1 heterocycles. The maximum absolute atomic E-state index is 12.3. The Kier molecular flexibility index (Phi) is 7.01. The van der Waals surface area contributed by atoms with E-state index in [-0.39, 0.29) is 23.7 Å². The molecule has 0 bridgehead atoms. The SMILES string of the molecule is CN(C)c1nc(NC2CCC(NC(=O)/C=C/c3cccc([N+](=O)[O-])c3)CC2)nc2ccccc12. The molecule has 1 aromatic heterocycles. The van der Waals surface area contributed by atoms with Gasteiger partial charge in [0.05, 0.1) is 10.4 Å². The van der Waals surface area contributed by atoms with Crippen molar-refractivity contribution in [2.24, 2.45) is 0 Å². The summed E-state index contributed by atoms with van der Waals surface area (Å²) in [5.41, 5.74) is 1.52. The topological polar surface area (TPSA) is 113 Å². The number of nitro groups is 1. The molecule has 9 nitrogen and oxygen atoms in total. The zero-order chi connectivity index (χ0) is 24.1. The van der Waals surface area contributed by atoms with E-state index in [1.54, 1.807) is 18.2 Å². The predicted octanol–water partition coefficient (Wildman–Crippen LogP) is 4.16. The van der Waals surface area contributed by atoms with Crippen LogP contribution in [0.25, 0.3) is 17.0 Å². The van der Waals surface area contributed by atoms with Crippen LogP contribution in [0.4, 0.5) is 17.5 Å². The number of nitrogens with one attached hydrogen (secondary N) is 2. The first kappa shape index (κ1) is 23.2. The lowest BCUT2D eigenvalue weighted by Gasteiger charge is -2.29. The molecule has 3 aromatic rings. The summed E-state index contributed by atoms with van der Waals surface area (Å²) < 4.78 is 0. The third-order valence-corrected chi connectivity index (χ3v) is 5.92. The number of non-ortho nitro benzene ring substituents is 1. The van der Waals surface area contributed by atoms with Crippen molar-refractivity contribution in [1.29, 1.82) is 0 Å². The van der Waals surface area contributed by atoms with Gasteiger partial charge < -0.3 is 15.5 Å². The number of fused-ring (bicyclic) bond motifs is 1. The van der Waals surface area contributed by atoms with Crippen molar-refractivity contribution in [2.45, 2.75) is 37.8 Å². The molecule has 2 aromatic carbocycles. The average Bonchev–Trinajstić information content (AvgIpc) is 2.83. The van der Waals surface area contributed by atoms with Gasteiger partial charge in [0.15, 0.2) is 0 Å². The number of nitro benzene ring substituents is 1. The molecule has 2 N–H and O–H groups in total. The second-order valence-corrected chi connectivity index (χ2v) is 8.67. The Labute approximate surface area is 198 Å². The van der Waals surface area contributed by atoms with Crippen LogP contribution in [0.5, 0.6) is 0 Å². The average molecular weight is 461 g/mol. The third-order valence-electron chi connectivity index (χ3n) is 5.92. The lowest BCUT2D eigenvalue weighted by Crippen LogP contribution is -2.39. The maximum atomic E-state index is 12.3. The van der Waals surface area contributed by atoms with Gasteiger partial charge in [0.1, 0.15) is 5.82 Å². The van der Waals surface area contributed by atoms with E-state index < -0.39 is 4.92 Å². The van der Waals surface area contributed by atoms with Gasteiger partial charge in [0.25, 0.3) is 5.69 Å². The first-order valence-electron chi connectivity index (χ1n) is 11.3. The summed E-state index contributed by atoms with van der Waals surface area (Å²) in [6, 6.07) is 14.5. The molecule has 176 valence electrons. The largest absolute Gasteiger partial charge is 0.362 e. The van der Waals surface area contributed by atoms with Crippen LogP contribution in [0.2, 0.25) is 0 Å². The monoisotopic (exact) mass is 460 g/mol. The number of nitrogens with zero attached hydrogens (tertiary/aromatic N) is 4. The molecule has 0 atom stereocenters. The van der Waals surface area contributed by atoms with Gasteiger partial charge >= 0.3 is 0 Å². The molecule has 9 heteroatoms. The standard InChI is InChI=1S/C25H28N6O3/c1-30(2)24-21-8-3-4-9-22(21)28-25(29-24)27-19-13-11-18(12-14-19)26-23(32)15-10-17-6-5-7-20(16-17)31(33)34/h3-10,15-16,18-19H,11-14H2,1-2H3,(H,26,32)(H,27,28,29)/b15-10+. The molecule has 34 heavy (non-hydrogen) atoms. The third kappa shape index (κ3) is 5.67. The van der Waals surface area contributed by atoms with Crippen molar-refractivity contribution in [2.75, 3.05) is 24.3 Å². The van der Waals surface area contributed by atoms with Crippen molar-refractivity contribution in [3.05, 3.63) is 70.3 Å². The lowest BCUT2D eigenvalue weighted by molar-refractivity contribution is -0.384. The molecule has 1 aliphatic carbocycles. The number of hydrogen-bond acceptors (Lipinski definition) is 7. The van der Waals surface area contributed by atoms with Gasteiger partial charge in [-0.25, -0.2) is 4.98 Å². The first-order chi connectivity index (χ1) is 16.4. The molecule has 0 aliphatic heterocycles. The second kappa shape index (κ2) is 10.3. The summed E-state index contributed by atoms with van der Waals surface area (Å²) in [6.45, 7) is 0. The molecule has 0 saturated heterocycles. The summed E-state index contributed by atoms with van der Waals surface area (Å²) in [4.78, 5) is 34.2. The van der Waals surface area contributed by atoms with Crippen molar-refractivity contribution < 1.29 is 9.72 Å². The summed E-state index contributed by atoms with van der Waals surface area (Å²) in [6.07, 6.45) is 6.51. The van der Waals surface area contributed by atoms with Crippen LogP contribution >= 0.6 is 0 Å². The number of anilines is 2. The van der Waals surface area contributed by atoms with E-state index in [0.717, 1.165) is 42.4 Å². The van der Waals surface area contributed by atoms with E-state index in [1.807, 2.05) is 43.3 Å². The molecule has 0 unspecified atom stereocenters. The smallest absolute Gasteiger partial charge is 0.270 e. The summed E-state index contributed by atoms with van der Waals surface area (Å²) in [5, 5.41) is 18.4. The van der Waals surface area contributed by atoms with Gasteiger partial charge in [0.2, 0.25) is 11.9 Å². The number of rotatable bonds is 7. The summed E-state index contributed by atoms with van der Waals surface area (Å²) >= 11 is 0. The van der Waals surface area contributed by atoms with E-state index in [2.05, 4.69) is 15.6 Å². The van der Waals surface area contributed by atoms with E-state index in [0.29, 0.717) is 11.5 Å². The Hall–Kier alpha value is -4.01. The molecule has 4 rings (SSSR count). The van der Waals surface area contributed by atoms with Crippen LogP contribution in [-0.4, -0.2) is 47.0 Å². The van der Waals surface area contributed by atoms with E-state index in [1.165, 1.54) is 18.2 Å². The number of benzene rings is 2. The van der Waals surface area contributed by atoms with Crippen molar-refractivity contribution in [3.8, 4) is 0 Å². The van der Waals surface area contributed by atoms with Gasteiger partial charge in [-0.15, -0.1) is 0 Å². The summed E-state index contributed by atoms with van der Waals surface area (Å²) in [7, 11) is 3.94. The molecular weight excluding hydrogens is 432 g/mol. The van der Waals surface area contributed by atoms with Gasteiger partial charge in [0, 0.05) is 49.8 Å². The molecule has 1 saturated carbocycles. The molecule has 1 amide bonds. The fraction of sp³-hybridized carbons (Fsp3) is 0.320. The number of carbonyl (C=O) groups is 1. The molecule has 0 spiro atoms. The van der Waals surface area contributed by atoms with Gasteiger partial charge in [-0.1, -0.05) is 24.3 Å². The molecule has 1 fully saturated rings. The number of carbonyl (C=O) groups excluding carboxylic acids is 1. The second-order valence-electron chi connectivity index (χ2n) is 8.67. The minimum atomic E-state index is -0.450. The molecule has 0 radical (unpaired) electrons. The Bertz CT molecular complexity index is 1220. The van der Waals surface area contributed by atoms with Crippen LogP contribution in [0, 0.1) is 10.1 Å². The normalized spacial score (nSPS) is 18.1. The minimum Gasteiger partial charge on any atom is -0.362 e. The maximum Gasteiger partial charge on any atom is 0.270 e. The zero-order valence-electron chi connectivity index (χ0n) is 19.3. The number of para-hydroxylation sites is 1. The van der Waals surface area contributed by atoms with Gasteiger partial charge in [-0.05, 0) is 49.5 Å².